The average molecular weight is 321 g/mol. The van der Waals surface area contributed by atoms with Gasteiger partial charge in [0, 0.05) is 19.7 Å². The van der Waals surface area contributed by atoms with Crippen LogP contribution in [0.3, 0.4) is 0 Å². The Bertz CT molecular complexity index is 587. The van der Waals surface area contributed by atoms with E-state index < -0.39 is 34.4 Å². The van der Waals surface area contributed by atoms with Gasteiger partial charge in [-0.1, -0.05) is 0 Å². The standard InChI is InChI=1S/C10H15N3O7S/c1-11-9(14)7-3-6(5-19-2)12-4-8(7)13(10(12)15)20-21(16,17)18/h3,6,8H,4-5H2,1-2H3,(H,11,14)(H,16,17,18). The van der Waals surface area contributed by atoms with Crippen molar-refractivity contribution in [3.8, 4) is 0 Å². The van der Waals surface area contributed by atoms with Crippen LogP contribution in [0.4, 0.5) is 4.79 Å². The SMILES string of the molecule is CNC(=O)C1=CC(COC)N2CC1N(OS(=O)(=O)O)C2=O. The van der Waals surface area contributed by atoms with Gasteiger partial charge < -0.3 is 15.0 Å². The molecular formula is C10H15N3O7S. The topological polar surface area (TPSA) is 125 Å². The average Bonchev–Trinajstić information content (AvgIpc) is 2.66. The van der Waals surface area contributed by atoms with E-state index in [9.17, 15) is 18.0 Å². The van der Waals surface area contributed by atoms with Gasteiger partial charge in [-0.05, 0) is 6.08 Å². The van der Waals surface area contributed by atoms with E-state index in [0.29, 0.717) is 5.06 Å². The van der Waals surface area contributed by atoms with Gasteiger partial charge in [-0.3, -0.25) is 9.35 Å². The first kappa shape index (κ1) is 15.7. The fourth-order valence-electron chi connectivity index (χ4n) is 2.37. The van der Waals surface area contributed by atoms with Gasteiger partial charge in [0.1, 0.15) is 6.04 Å². The fourth-order valence-corrected chi connectivity index (χ4v) is 2.74. The van der Waals surface area contributed by atoms with Gasteiger partial charge in [0.25, 0.3) is 0 Å². The number of amides is 3. The highest BCUT2D eigenvalue weighted by molar-refractivity contribution is 7.80. The number of rotatable bonds is 5. The molecule has 2 unspecified atom stereocenters. The van der Waals surface area contributed by atoms with E-state index >= 15 is 0 Å². The van der Waals surface area contributed by atoms with E-state index in [1.807, 2.05) is 0 Å². The molecule has 3 amide bonds. The zero-order chi connectivity index (χ0) is 15.8. The molecule has 2 aliphatic rings. The summed E-state index contributed by atoms with van der Waals surface area (Å²) in [5.41, 5.74) is 0.172. The van der Waals surface area contributed by atoms with Crippen LogP contribution in [0.15, 0.2) is 11.6 Å². The third-order valence-corrected chi connectivity index (χ3v) is 3.57. The Morgan fingerprint density at radius 3 is 2.76 bits per heavy atom. The Labute approximate surface area is 121 Å². The second-order valence-corrected chi connectivity index (χ2v) is 5.51. The van der Waals surface area contributed by atoms with Crippen molar-refractivity contribution < 1.29 is 31.6 Å². The molecule has 1 saturated heterocycles. The molecular weight excluding hydrogens is 306 g/mol. The van der Waals surface area contributed by atoms with E-state index in [1.165, 1.54) is 25.1 Å². The molecule has 2 atom stereocenters. The summed E-state index contributed by atoms with van der Waals surface area (Å²) in [6.45, 7) is 0.195. The summed E-state index contributed by atoms with van der Waals surface area (Å²) >= 11 is 0. The summed E-state index contributed by atoms with van der Waals surface area (Å²) in [5.74, 6) is -0.473. The molecule has 2 aliphatic heterocycles. The normalized spacial score (nSPS) is 25.1. The van der Waals surface area contributed by atoms with Crippen LogP contribution in [0.25, 0.3) is 0 Å². The van der Waals surface area contributed by atoms with E-state index in [0.717, 1.165) is 0 Å². The number of hydroxylamine groups is 2. The van der Waals surface area contributed by atoms with Gasteiger partial charge in [-0.15, -0.1) is 4.28 Å². The van der Waals surface area contributed by atoms with Gasteiger partial charge in [0.2, 0.25) is 5.91 Å². The van der Waals surface area contributed by atoms with Crippen molar-refractivity contribution >= 4 is 22.3 Å². The molecule has 0 aromatic carbocycles. The number of hydrogen-bond donors (Lipinski definition) is 2. The molecule has 10 nitrogen and oxygen atoms in total. The first-order valence-corrected chi connectivity index (χ1v) is 7.34. The summed E-state index contributed by atoms with van der Waals surface area (Å²) in [4.78, 5) is 25.3. The molecule has 0 aliphatic carbocycles. The zero-order valence-electron chi connectivity index (χ0n) is 11.3. The van der Waals surface area contributed by atoms with Crippen molar-refractivity contribution in [3.63, 3.8) is 0 Å². The number of likely N-dealkylation sites (N-methyl/N-ethyl adjacent to an activating group) is 1. The lowest BCUT2D eigenvalue weighted by atomic mass is 9.99. The van der Waals surface area contributed by atoms with Crippen molar-refractivity contribution in [3.05, 3.63) is 11.6 Å². The van der Waals surface area contributed by atoms with Gasteiger partial charge in [-0.2, -0.15) is 13.5 Å². The smallest absolute Gasteiger partial charge is 0.382 e. The lowest BCUT2D eigenvalue weighted by Crippen LogP contribution is -2.43. The molecule has 11 heteroatoms. The Kier molecular flexibility index (Phi) is 4.18. The highest BCUT2D eigenvalue weighted by Gasteiger charge is 2.49. The Hall–Kier alpha value is -1.69. The third-order valence-electron chi connectivity index (χ3n) is 3.22. The molecule has 0 aromatic heterocycles. The maximum atomic E-state index is 12.1. The van der Waals surface area contributed by atoms with Crippen LogP contribution in [0.1, 0.15) is 0 Å². The summed E-state index contributed by atoms with van der Waals surface area (Å²) in [6, 6.07) is -2.22. The van der Waals surface area contributed by atoms with Crippen LogP contribution in [0, 0.1) is 0 Å². The molecule has 0 radical (unpaired) electrons. The van der Waals surface area contributed by atoms with Crippen LogP contribution in [0.5, 0.6) is 0 Å². The molecule has 21 heavy (non-hydrogen) atoms. The predicted octanol–water partition coefficient (Wildman–Crippen LogP) is -1.47. The number of carbonyl (C=O) groups excluding carboxylic acids is 2. The van der Waals surface area contributed by atoms with Crippen LogP contribution in [-0.2, 0) is 24.2 Å². The minimum atomic E-state index is -4.88. The van der Waals surface area contributed by atoms with Crippen molar-refractivity contribution in [2.24, 2.45) is 0 Å². The quantitative estimate of drug-likeness (QED) is 0.592. The first-order chi connectivity index (χ1) is 9.78. The Morgan fingerprint density at radius 2 is 2.24 bits per heavy atom. The van der Waals surface area contributed by atoms with Crippen molar-refractivity contribution in [1.82, 2.24) is 15.3 Å². The van der Waals surface area contributed by atoms with Gasteiger partial charge in [0.15, 0.2) is 0 Å². The molecule has 118 valence electrons. The number of nitrogens with zero attached hydrogens (tertiary/aromatic N) is 2. The molecule has 0 spiro atoms. The zero-order valence-corrected chi connectivity index (χ0v) is 12.2. The first-order valence-electron chi connectivity index (χ1n) is 5.98. The number of nitrogens with one attached hydrogen (secondary N) is 1. The lowest BCUT2D eigenvalue weighted by Gasteiger charge is -2.28. The van der Waals surface area contributed by atoms with Crippen LogP contribution >= 0.6 is 0 Å². The number of urea groups is 1. The monoisotopic (exact) mass is 321 g/mol. The van der Waals surface area contributed by atoms with Crippen LogP contribution < -0.4 is 5.32 Å². The highest BCUT2D eigenvalue weighted by Crippen LogP contribution is 2.31. The Balaban J connectivity index is 2.37. The van der Waals surface area contributed by atoms with E-state index in [1.54, 1.807) is 0 Å². The van der Waals surface area contributed by atoms with Crippen LogP contribution in [0.2, 0.25) is 0 Å². The second-order valence-electron chi connectivity index (χ2n) is 4.50. The van der Waals surface area contributed by atoms with Gasteiger partial charge >= 0.3 is 16.4 Å². The summed E-state index contributed by atoms with van der Waals surface area (Å²) in [5, 5.41) is 2.88. The van der Waals surface area contributed by atoms with E-state index in [2.05, 4.69) is 9.60 Å². The van der Waals surface area contributed by atoms with E-state index in [-0.39, 0.29) is 18.7 Å². The van der Waals surface area contributed by atoms with Crippen molar-refractivity contribution in [2.45, 2.75) is 12.1 Å². The molecule has 0 saturated carbocycles. The summed E-state index contributed by atoms with van der Waals surface area (Å²) in [6.07, 6.45) is 1.52. The van der Waals surface area contributed by atoms with Gasteiger partial charge in [-0.25, -0.2) is 4.79 Å². The molecule has 2 bridgehead atoms. The Morgan fingerprint density at radius 1 is 1.57 bits per heavy atom. The fraction of sp³-hybridized carbons (Fsp3) is 0.600. The number of carbonyl (C=O) groups is 2. The minimum Gasteiger partial charge on any atom is -0.382 e. The maximum absolute atomic E-state index is 12.1. The van der Waals surface area contributed by atoms with Crippen molar-refractivity contribution in [1.29, 1.82) is 0 Å². The largest absolute Gasteiger partial charge is 0.418 e. The lowest BCUT2D eigenvalue weighted by molar-refractivity contribution is -0.118. The number of ether oxygens (including phenoxy) is 1. The number of hydrogen-bond acceptors (Lipinski definition) is 6. The van der Waals surface area contributed by atoms with E-state index in [4.69, 9.17) is 9.29 Å². The third kappa shape index (κ3) is 3.00. The summed E-state index contributed by atoms with van der Waals surface area (Å²) in [7, 11) is -2.03. The highest BCUT2D eigenvalue weighted by atomic mass is 32.3. The molecule has 1 fully saturated rings. The van der Waals surface area contributed by atoms with Gasteiger partial charge in [0.05, 0.1) is 19.2 Å². The molecule has 2 heterocycles. The molecule has 2 rings (SSSR count). The second kappa shape index (κ2) is 5.60. The number of methoxy groups -OCH3 is 1. The predicted molar refractivity (Wildman–Crippen MR) is 68.2 cm³/mol. The minimum absolute atomic E-state index is 0.0572. The molecule has 2 N–H and O–H groups in total. The number of fused-ring (bicyclic) bond motifs is 2. The maximum Gasteiger partial charge on any atom is 0.418 e. The van der Waals surface area contributed by atoms with Crippen molar-refractivity contribution in [2.75, 3.05) is 27.3 Å². The summed E-state index contributed by atoms with van der Waals surface area (Å²) < 4.78 is 39.7. The molecule has 0 aromatic rings. The van der Waals surface area contributed by atoms with Crippen LogP contribution in [-0.4, -0.2) is 74.3 Å².